The number of fused-ring (bicyclic) bond motifs is 1. The Morgan fingerprint density at radius 1 is 1.31 bits per heavy atom. The second-order valence-electron chi connectivity index (χ2n) is 6.55. The van der Waals surface area contributed by atoms with E-state index in [1.54, 1.807) is 0 Å². The summed E-state index contributed by atoms with van der Waals surface area (Å²) >= 11 is 0. The Kier molecular flexibility index (Phi) is 3.18. The van der Waals surface area contributed by atoms with E-state index >= 15 is 0 Å². The third kappa shape index (κ3) is 1.95. The van der Waals surface area contributed by atoms with Crippen LogP contribution in [0.1, 0.15) is 52.9 Å². The minimum atomic E-state index is -0.0468. The first-order valence-corrected chi connectivity index (χ1v) is 6.77. The van der Waals surface area contributed by atoms with E-state index in [9.17, 15) is 5.11 Å². The number of aliphatic hydroxyl groups is 1. The SMILES string of the molecule is C=C(C)[C@@H]1CC[C@H]2C[C@@H](O)C[C@@H](C)[C@]2(C)C1. The van der Waals surface area contributed by atoms with E-state index in [-0.39, 0.29) is 6.10 Å². The normalized spacial score (nSPS) is 48.5. The lowest BCUT2D eigenvalue weighted by Gasteiger charge is -2.53. The fourth-order valence-electron chi connectivity index (χ4n) is 4.04. The van der Waals surface area contributed by atoms with Crippen molar-refractivity contribution < 1.29 is 5.11 Å². The van der Waals surface area contributed by atoms with Crippen LogP contribution in [0.4, 0.5) is 0 Å². The summed E-state index contributed by atoms with van der Waals surface area (Å²) in [7, 11) is 0. The molecule has 0 aromatic carbocycles. The molecule has 0 bridgehead atoms. The highest BCUT2D eigenvalue weighted by Gasteiger charge is 2.47. The first kappa shape index (κ1) is 12.2. The van der Waals surface area contributed by atoms with E-state index in [1.165, 1.54) is 24.8 Å². The summed E-state index contributed by atoms with van der Waals surface area (Å²) in [5.41, 5.74) is 1.80. The highest BCUT2D eigenvalue weighted by Crippen LogP contribution is 2.55. The molecule has 92 valence electrons. The van der Waals surface area contributed by atoms with Gasteiger partial charge in [0.15, 0.2) is 0 Å². The van der Waals surface area contributed by atoms with Crippen molar-refractivity contribution in [3.63, 3.8) is 0 Å². The molecule has 1 N–H and O–H groups in total. The fourth-order valence-corrected chi connectivity index (χ4v) is 4.04. The summed E-state index contributed by atoms with van der Waals surface area (Å²) < 4.78 is 0. The monoisotopic (exact) mass is 222 g/mol. The number of rotatable bonds is 1. The topological polar surface area (TPSA) is 20.2 Å². The molecule has 1 nitrogen and oxygen atoms in total. The third-order valence-corrected chi connectivity index (χ3v) is 5.49. The Hall–Kier alpha value is -0.300. The predicted octanol–water partition coefficient (Wildman–Crippen LogP) is 3.78. The van der Waals surface area contributed by atoms with Crippen molar-refractivity contribution in [2.75, 3.05) is 0 Å². The third-order valence-electron chi connectivity index (χ3n) is 5.49. The van der Waals surface area contributed by atoms with E-state index in [4.69, 9.17) is 0 Å². The van der Waals surface area contributed by atoms with Crippen molar-refractivity contribution in [3.05, 3.63) is 12.2 Å². The molecular weight excluding hydrogens is 196 g/mol. The zero-order chi connectivity index (χ0) is 11.9. The molecule has 0 amide bonds. The molecule has 2 fully saturated rings. The van der Waals surface area contributed by atoms with Crippen LogP contribution >= 0.6 is 0 Å². The van der Waals surface area contributed by atoms with Crippen LogP contribution in [0.5, 0.6) is 0 Å². The number of hydrogen-bond donors (Lipinski definition) is 1. The first-order chi connectivity index (χ1) is 7.43. The summed E-state index contributed by atoms with van der Waals surface area (Å²) in [6, 6.07) is 0. The number of allylic oxidation sites excluding steroid dienone is 1. The number of hydrogen-bond acceptors (Lipinski definition) is 1. The molecular formula is C15H26O. The molecule has 0 aromatic heterocycles. The van der Waals surface area contributed by atoms with Gasteiger partial charge in [-0.2, -0.15) is 0 Å². The van der Waals surface area contributed by atoms with Crippen LogP contribution in [0.15, 0.2) is 12.2 Å². The van der Waals surface area contributed by atoms with E-state index in [0.29, 0.717) is 11.3 Å². The highest BCUT2D eigenvalue weighted by molar-refractivity contribution is 5.05. The summed E-state index contributed by atoms with van der Waals surface area (Å²) in [6.45, 7) is 11.1. The lowest BCUT2D eigenvalue weighted by molar-refractivity contribution is -0.0598. The summed E-state index contributed by atoms with van der Waals surface area (Å²) in [4.78, 5) is 0. The lowest BCUT2D eigenvalue weighted by Crippen LogP contribution is -2.46. The molecule has 0 aromatic rings. The van der Waals surface area contributed by atoms with Crippen molar-refractivity contribution in [1.29, 1.82) is 0 Å². The Bertz CT molecular complexity index is 283. The largest absolute Gasteiger partial charge is 0.393 e. The van der Waals surface area contributed by atoms with Crippen LogP contribution in [0.25, 0.3) is 0 Å². The Labute approximate surface area is 99.9 Å². The maximum atomic E-state index is 9.89. The average molecular weight is 222 g/mol. The van der Waals surface area contributed by atoms with Gasteiger partial charge >= 0.3 is 0 Å². The van der Waals surface area contributed by atoms with Gasteiger partial charge in [-0.15, -0.1) is 0 Å². The van der Waals surface area contributed by atoms with Gasteiger partial charge in [-0.3, -0.25) is 0 Å². The zero-order valence-electron chi connectivity index (χ0n) is 11.0. The molecule has 16 heavy (non-hydrogen) atoms. The van der Waals surface area contributed by atoms with Gasteiger partial charge in [0.05, 0.1) is 6.10 Å². The molecule has 0 heterocycles. The minimum Gasteiger partial charge on any atom is -0.393 e. The Balaban J connectivity index is 2.16. The molecule has 2 aliphatic carbocycles. The van der Waals surface area contributed by atoms with Crippen LogP contribution in [0, 0.1) is 23.2 Å². The summed E-state index contributed by atoms with van der Waals surface area (Å²) in [5.74, 6) is 2.11. The summed E-state index contributed by atoms with van der Waals surface area (Å²) in [6.07, 6.45) is 5.85. The van der Waals surface area contributed by atoms with Crippen LogP contribution in [0.3, 0.4) is 0 Å². The maximum Gasteiger partial charge on any atom is 0.0545 e. The second kappa shape index (κ2) is 4.18. The Morgan fingerprint density at radius 3 is 2.62 bits per heavy atom. The first-order valence-electron chi connectivity index (χ1n) is 6.77. The van der Waals surface area contributed by atoms with Crippen LogP contribution < -0.4 is 0 Å². The molecule has 5 atom stereocenters. The van der Waals surface area contributed by atoms with Gasteiger partial charge in [-0.1, -0.05) is 26.0 Å². The quantitative estimate of drug-likeness (QED) is 0.669. The van der Waals surface area contributed by atoms with Crippen molar-refractivity contribution in [3.8, 4) is 0 Å². The molecule has 0 spiro atoms. The average Bonchev–Trinajstić information content (AvgIpc) is 2.19. The van der Waals surface area contributed by atoms with E-state index in [0.717, 1.165) is 24.7 Å². The molecule has 0 unspecified atom stereocenters. The molecule has 0 saturated heterocycles. The smallest absolute Gasteiger partial charge is 0.0545 e. The molecule has 2 saturated carbocycles. The second-order valence-corrected chi connectivity index (χ2v) is 6.55. The van der Waals surface area contributed by atoms with Crippen molar-refractivity contribution >= 4 is 0 Å². The van der Waals surface area contributed by atoms with Gasteiger partial charge in [0.1, 0.15) is 0 Å². The molecule has 0 radical (unpaired) electrons. The molecule has 2 rings (SSSR count). The van der Waals surface area contributed by atoms with Crippen molar-refractivity contribution in [2.45, 2.75) is 59.0 Å². The van der Waals surface area contributed by atoms with Gasteiger partial charge < -0.3 is 5.11 Å². The molecule has 1 heteroatoms. The highest BCUT2D eigenvalue weighted by atomic mass is 16.3. The standard InChI is InChI=1S/C15H26O/c1-10(2)12-5-6-13-8-14(16)7-11(3)15(13,4)9-12/h11-14,16H,1,5-9H2,2-4H3/t11-,12-,13+,14+,15+/m1/s1. The van der Waals surface area contributed by atoms with Gasteiger partial charge in [0.25, 0.3) is 0 Å². The predicted molar refractivity (Wildman–Crippen MR) is 68.2 cm³/mol. The lowest BCUT2D eigenvalue weighted by atomic mass is 9.53. The molecule has 0 aliphatic heterocycles. The number of aliphatic hydroxyl groups excluding tert-OH is 1. The van der Waals surface area contributed by atoms with E-state index in [1.807, 2.05) is 0 Å². The van der Waals surface area contributed by atoms with E-state index < -0.39 is 0 Å². The van der Waals surface area contributed by atoms with Crippen molar-refractivity contribution in [2.24, 2.45) is 23.2 Å². The maximum absolute atomic E-state index is 9.89. The van der Waals surface area contributed by atoms with Crippen LogP contribution in [-0.2, 0) is 0 Å². The van der Waals surface area contributed by atoms with E-state index in [2.05, 4.69) is 27.4 Å². The Morgan fingerprint density at radius 2 is 2.00 bits per heavy atom. The van der Waals surface area contributed by atoms with Crippen LogP contribution in [-0.4, -0.2) is 11.2 Å². The van der Waals surface area contributed by atoms with Gasteiger partial charge in [0.2, 0.25) is 0 Å². The van der Waals surface area contributed by atoms with Crippen molar-refractivity contribution in [1.82, 2.24) is 0 Å². The van der Waals surface area contributed by atoms with Gasteiger partial charge in [-0.05, 0) is 62.2 Å². The van der Waals surface area contributed by atoms with Crippen LogP contribution in [0.2, 0.25) is 0 Å². The fraction of sp³-hybridized carbons (Fsp3) is 0.867. The van der Waals surface area contributed by atoms with Gasteiger partial charge in [-0.25, -0.2) is 0 Å². The zero-order valence-corrected chi connectivity index (χ0v) is 11.0. The van der Waals surface area contributed by atoms with Gasteiger partial charge in [0, 0.05) is 0 Å². The minimum absolute atomic E-state index is 0.0468. The summed E-state index contributed by atoms with van der Waals surface area (Å²) in [5, 5.41) is 9.89. The molecule has 2 aliphatic rings.